The fourth-order valence-electron chi connectivity index (χ4n) is 2.90. The van der Waals surface area contributed by atoms with Gasteiger partial charge in [-0.25, -0.2) is 4.79 Å². The number of alkyl halides is 3. The van der Waals surface area contributed by atoms with Crippen molar-refractivity contribution >= 4 is 6.03 Å². The molecule has 0 radical (unpaired) electrons. The SMILES string of the molecule is CN(Cc1cnn(C)c1)C(=O)N[C@@H](C1CCCC1)C(F)(F)F. The summed E-state index contributed by atoms with van der Waals surface area (Å²) in [7, 11) is 3.22. The maximum atomic E-state index is 13.2. The predicted octanol–water partition coefficient (Wildman–Crippen LogP) is 2.68. The number of nitrogens with one attached hydrogen (secondary N) is 1. The van der Waals surface area contributed by atoms with Crippen LogP contribution in [0.5, 0.6) is 0 Å². The Morgan fingerprint density at radius 1 is 1.50 bits per heavy atom. The van der Waals surface area contributed by atoms with Crippen molar-refractivity contribution in [2.75, 3.05) is 7.05 Å². The number of rotatable bonds is 4. The number of urea groups is 1. The van der Waals surface area contributed by atoms with E-state index in [1.807, 2.05) is 0 Å². The van der Waals surface area contributed by atoms with Crippen molar-refractivity contribution in [1.29, 1.82) is 0 Å². The quantitative estimate of drug-likeness (QED) is 0.928. The molecule has 0 aromatic carbocycles. The second-order valence-electron chi connectivity index (χ2n) is 5.89. The number of carbonyl (C=O) groups is 1. The molecule has 0 bridgehead atoms. The molecule has 1 atom stereocenters. The van der Waals surface area contributed by atoms with Gasteiger partial charge in [-0.1, -0.05) is 12.8 Å². The average Bonchev–Trinajstić information content (AvgIpc) is 3.06. The molecule has 1 heterocycles. The second kappa shape index (κ2) is 6.58. The summed E-state index contributed by atoms with van der Waals surface area (Å²) in [4.78, 5) is 13.3. The third-order valence-electron chi connectivity index (χ3n) is 4.03. The summed E-state index contributed by atoms with van der Waals surface area (Å²) < 4.78 is 41.1. The highest BCUT2D eigenvalue weighted by Crippen LogP contribution is 2.35. The maximum absolute atomic E-state index is 13.2. The molecule has 1 aliphatic carbocycles. The van der Waals surface area contributed by atoms with E-state index in [0.29, 0.717) is 12.8 Å². The van der Waals surface area contributed by atoms with Gasteiger partial charge in [0.1, 0.15) is 6.04 Å². The van der Waals surface area contributed by atoms with Gasteiger partial charge in [-0.3, -0.25) is 4.68 Å². The van der Waals surface area contributed by atoms with E-state index in [-0.39, 0.29) is 6.54 Å². The number of hydrogen-bond acceptors (Lipinski definition) is 2. The molecule has 2 amide bonds. The van der Waals surface area contributed by atoms with Crippen LogP contribution in [0.25, 0.3) is 0 Å². The van der Waals surface area contributed by atoms with Crippen molar-refractivity contribution in [2.24, 2.45) is 13.0 Å². The van der Waals surface area contributed by atoms with E-state index >= 15 is 0 Å². The van der Waals surface area contributed by atoms with Crippen molar-refractivity contribution in [3.63, 3.8) is 0 Å². The van der Waals surface area contributed by atoms with Gasteiger partial charge in [0.25, 0.3) is 0 Å². The second-order valence-corrected chi connectivity index (χ2v) is 5.89. The van der Waals surface area contributed by atoms with Crippen molar-refractivity contribution in [3.8, 4) is 0 Å². The number of amides is 2. The van der Waals surface area contributed by atoms with Gasteiger partial charge in [0.15, 0.2) is 0 Å². The first-order valence-corrected chi connectivity index (χ1v) is 7.33. The topological polar surface area (TPSA) is 50.2 Å². The Bertz CT molecular complexity index is 508. The van der Waals surface area contributed by atoms with Crippen LogP contribution < -0.4 is 5.32 Å². The van der Waals surface area contributed by atoms with Crippen LogP contribution >= 0.6 is 0 Å². The van der Waals surface area contributed by atoms with Crippen molar-refractivity contribution in [2.45, 2.75) is 44.4 Å². The van der Waals surface area contributed by atoms with Crippen LogP contribution in [0, 0.1) is 5.92 Å². The Morgan fingerprint density at radius 2 is 2.14 bits per heavy atom. The van der Waals surface area contributed by atoms with E-state index < -0.39 is 24.2 Å². The number of halogens is 3. The first kappa shape index (κ1) is 16.6. The van der Waals surface area contributed by atoms with Crippen molar-refractivity contribution in [3.05, 3.63) is 18.0 Å². The normalized spacial score (nSPS) is 17.5. The third kappa shape index (κ3) is 4.14. The molecule has 8 heteroatoms. The van der Waals surface area contributed by atoms with Gasteiger partial charge < -0.3 is 10.2 Å². The molecule has 1 saturated carbocycles. The zero-order valence-corrected chi connectivity index (χ0v) is 12.7. The highest BCUT2D eigenvalue weighted by Gasteiger charge is 2.46. The summed E-state index contributed by atoms with van der Waals surface area (Å²) in [6.45, 7) is 0.217. The number of carbonyl (C=O) groups excluding carboxylic acids is 1. The summed E-state index contributed by atoms with van der Waals surface area (Å²) in [6, 6.07) is -2.48. The summed E-state index contributed by atoms with van der Waals surface area (Å²) in [6.07, 6.45) is 1.49. The molecule has 0 spiro atoms. The van der Waals surface area contributed by atoms with Gasteiger partial charge in [0.2, 0.25) is 0 Å². The lowest BCUT2D eigenvalue weighted by atomic mass is 9.98. The van der Waals surface area contributed by atoms with Gasteiger partial charge in [-0.2, -0.15) is 18.3 Å². The number of aryl methyl sites for hydroxylation is 1. The summed E-state index contributed by atoms with van der Waals surface area (Å²) in [5.74, 6) is -0.518. The first-order valence-electron chi connectivity index (χ1n) is 7.33. The standard InChI is InChI=1S/C14H21F3N4O/c1-20(8-10-7-18-21(2)9-10)13(22)19-12(14(15,16)17)11-5-3-4-6-11/h7,9,11-12H,3-6,8H2,1-2H3,(H,19,22)/t12-/m0/s1. The van der Waals surface area contributed by atoms with Gasteiger partial charge in [-0.05, 0) is 18.8 Å². The van der Waals surface area contributed by atoms with E-state index in [9.17, 15) is 18.0 Å². The molecule has 124 valence electrons. The first-order chi connectivity index (χ1) is 10.3. The Balaban J connectivity index is 1.97. The van der Waals surface area contributed by atoms with E-state index in [4.69, 9.17) is 0 Å². The van der Waals surface area contributed by atoms with Crippen LogP contribution in [0.4, 0.5) is 18.0 Å². The molecule has 1 aromatic heterocycles. The molecule has 1 aromatic rings. The van der Waals surface area contributed by atoms with Crippen molar-refractivity contribution < 1.29 is 18.0 Å². The van der Waals surface area contributed by atoms with E-state index in [1.165, 1.54) is 11.9 Å². The highest BCUT2D eigenvalue weighted by atomic mass is 19.4. The lowest BCUT2D eigenvalue weighted by Crippen LogP contribution is -2.52. The fraction of sp³-hybridized carbons (Fsp3) is 0.714. The zero-order valence-electron chi connectivity index (χ0n) is 12.7. The van der Waals surface area contributed by atoms with Gasteiger partial charge in [-0.15, -0.1) is 0 Å². The van der Waals surface area contributed by atoms with E-state index in [2.05, 4.69) is 10.4 Å². The molecule has 22 heavy (non-hydrogen) atoms. The van der Waals surface area contributed by atoms with Crippen LogP contribution in [0.3, 0.4) is 0 Å². The Kier molecular flexibility index (Phi) is 4.97. The lowest BCUT2D eigenvalue weighted by molar-refractivity contribution is -0.165. The maximum Gasteiger partial charge on any atom is 0.408 e. The van der Waals surface area contributed by atoms with Crippen LogP contribution in [0.2, 0.25) is 0 Å². The van der Waals surface area contributed by atoms with Crippen LogP contribution in [-0.2, 0) is 13.6 Å². The molecule has 1 fully saturated rings. The smallest absolute Gasteiger partial charge is 0.326 e. The molecule has 5 nitrogen and oxygen atoms in total. The largest absolute Gasteiger partial charge is 0.408 e. The molecule has 1 aliphatic rings. The van der Waals surface area contributed by atoms with E-state index in [0.717, 1.165) is 18.4 Å². The van der Waals surface area contributed by atoms with Crippen LogP contribution in [-0.4, -0.2) is 40.0 Å². The Labute approximate surface area is 127 Å². The minimum atomic E-state index is -4.42. The number of hydrogen-bond donors (Lipinski definition) is 1. The number of aromatic nitrogens is 2. The number of nitrogens with zero attached hydrogens (tertiary/aromatic N) is 3. The highest BCUT2D eigenvalue weighted by molar-refractivity contribution is 5.74. The lowest BCUT2D eigenvalue weighted by Gasteiger charge is -2.29. The monoisotopic (exact) mass is 318 g/mol. The fourth-order valence-corrected chi connectivity index (χ4v) is 2.90. The molecule has 0 saturated heterocycles. The molecule has 0 unspecified atom stereocenters. The minimum Gasteiger partial charge on any atom is -0.326 e. The summed E-state index contributed by atoms with van der Waals surface area (Å²) in [5.41, 5.74) is 0.768. The average molecular weight is 318 g/mol. The van der Waals surface area contributed by atoms with Gasteiger partial charge >= 0.3 is 12.2 Å². The molecule has 2 rings (SSSR count). The third-order valence-corrected chi connectivity index (χ3v) is 4.03. The van der Waals surface area contributed by atoms with Gasteiger partial charge in [0, 0.05) is 25.9 Å². The van der Waals surface area contributed by atoms with E-state index in [1.54, 1.807) is 24.1 Å². The summed E-state index contributed by atoms with van der Waals surface area (Å²) >= 11 is 0. The molecular weight excluding hydrogens is 297 g/mol. The molecular formula is C14H21F3N4O. The predicted molar refractivity (Wildman–Crippen MR) is 75.0 cm³/mol. The summed E-state index contributed by atoms with van der Waals surface area (Å²) in [5, 5.41) is 6.13. The molecule has 0 aliphatic heterocycles. The molecule has 1 N–H and O–H groups in total. The minimum absolute atomic E-state index is 0.217. The van der Waals surface area contributed by atoms with Crippen LogP contribution in [0.15, 0.2) is 12.4 Å². The van der Waals surface area contributed by atoms with Crippen molar-refractivity contribution in [1.82, 2.24) is 20.0 Å². The Hall–Kier alpha value is -1.73. The van der Waals surface area contributed by atoms with Gasteiger partial charge in [0.05, 0.1) is 12.7 Å². The Morgan fingerprint density at radius 3 is 2.64 bits per heavy atom. The van der Waals surface area contributed by atoms with Crippen LogP contribution in [0.1, 0.15) is 31.2 Å². The zero-order chi connectivity index (χ0) is 16.3.